The van der Waals surface area contributed by atoms with Gasteiger partial charge in [-0.15, -0.1) is 11.3 Å². The number of morpholine rings is 1. The van der Waals surface area contributed by atoms with E-state index in [1.165, 1.54) is 4.88 Å². The first-order valence-corrected chi connectivity index (χ1v) is 12.8. The van der Waals surface area contributed by atoms with Crippen molar-refractivity contribution in [3.05, 3.63) is 41.4 Å². The first-order chi connectivity index (χ1) is 17.2. The Morgan fingerprint density at radius 3 is 2.83 bits per heavy atom. The Balaban J connectivity index is 1.36. The van der Waals surface area contributed by atoms with E-state index in [1.807, 2.05) is 12.3 Å². The molecule has 1 amide bonds. The van der Waals surface area contributed by atoms with Crippen molar-refractivity contribution in [2.75, 3.05) is 64.0 Å². The number of thiophene rings is 1. The van der Waals surface area contributed by atoms with Gasteiger partial charge in [0.05, 0.1) is 36.6 Å². The molecule has 0 atom stereocenters. The third kappa shape index (κ3) is 4.38. The molecule has 0 radical (unpaired) electrons. The van der Waals surface area contributed by atoms with Crippen molar-refractivity contribution < 1.29 is 14.6 Å². The van der Waals surface area contributed by atoms with E-state index >= 15 is 0 Å². The molecule has 6 rings (SSSR count). The Morgan fingerprint density at radius 2 is 2.00 bits per heavy atom. The number of nitrogens with zero attached hydrogens (tertiary/aromatic N) is 5. The first-order valence-electron chi connectivity index (χ1n) is 12.0. The molecule has 10 heteroatoms. The predicted molar refractivity (Wildman–Crippen MR) is 137 cm³/mol. The molecule has 3 aromatic heterocycles. The number of aliphatic hydroxyl groups is 1. The van der Waals surface area contributed by atoms with E-state index in [-0.39, 0.29) is 12.5 Å². The lowest BCUT2D eigenvalue weighted by atomic mass is 10.1. The molecule has 35 heavy (non-hydrogen) atoms. The van der Waals surface area contributed by atoms with Crippen LogP contribution >= 0.6 is 11.3 Å². The lowest BCUT2D eigenvalue weighted by Gasteiger charge is -2.33. The van der Waals surface area contributed by atoms with Gasteiger partial charge in [-0.3, -0.25) is 9.69 Å². The van der Waals surface area contributed by atoms with Gasteiger partial charge in [-0.25, -0.2) is 9.97 Å². The standard InChI is InChI=1S/C25H28N6O3S/c32-11-8-30-7-6-29(16-22(30)33)15-17-14-21-23(35-17)25(31-9-12-34-13-10-31)28-24(27-21)19-2-1-3-20-18(19)4-5-26-20/h1-5,14,26,32H,6-13,15-16H2. The van der Waals surface area contributed by atoms with Crippen molar-refractivity contribution in [2.24, 2.45) is 0 Å². The Bertz CT molecular complexity index is 1360. The van der Waals surface area contributed by atoms with E-state index < -0.39 is 0 Å². The monoisotopic (exact) mass is 492 g/mol. The summed E-state index contributed by atoms with van der Waals surface area (Å²) in [5.41, 5.74) is 3.02. The molecule has 2 N–H and O–H groups in total. The molecule has 2 aliphatic rings. The minimum atomic E-state index is 0.00382. The van der Waals surface area contributed by atoms with Crippen LogP contribution in [0.4, 0.5) is 5.82 Å². The van der Waals surface area contributed by atoms with E-state index in [0.29, 0.717) is 39.4 Å². The zero-order valence-corrected chi connectivity index (χ0v) is 20.3. The zero-order valence-electron chi connectivity index (χ0n) is 19.4. The average molecular weight is 493 g/mol. The zero-order chi connectivity index (χ0) is 23.8. The Hall–Kier alpha value is -3.05. The summed E-state index contributed by atoms with van der Waals surface area (Å²) >= 11 is 1.71. The maximum atomic E-state index is 12.4. The molecule has 2 saturated heterocycles. The number of carbonyl (C=O) groups excluding carboxylic acids is 1. The van der Waals surface area contributed by atoms with E-state index in [0.717, 1.165) is 58.0 Å². The van der Waals surface area contributed by atoms with Crippen LogP contribution in [0.5, 0.6) is 0 Å². The largest absolute Gasteiger partial charge is 0.395 e. The summed E-state index contributed by atoms with van der Waals surface area (Å²) in [6, 6.07) is 10.4. The van der Waals surface area contributed by atoms with Crippen LogP contribution in [-0.4, -0.2) is 94.9 Å². The van der Waals surface area contributed by atoms with Gasteiger partial charge < -0.3 is 24.6 Å². The number of hydrogen-bond donors (Lipinski definition) is 2. The summed E-state index contributed by atoms with van der Waals surface area (Å²) in [5.74, 6) is 1.75. The number of fused-ring (bicyclic) bond motifs is 2. The number of carbonyl (C=O) groups is 1. The summed E-state index contributed by atoms with van der Waals surface area (Å²) in [5, 5.41) is 10.3. The van der Waals surface area contributed by atoms with E-state index in [2.05, 4.69) is 39.0 Å². The molecule has 9 nitrogen and oxygen atoms in total. The van der Waals surface area contributed by atoms with Gasteiger partial charge in [0.25, 0.3) is 0 Å². The van der Waals surface area contributed by atoms with Crippen LogP contribution in [0, 0.1) is 0 Å². The summed E-state index contributed by atoms with van der Waals surface area (Å²) in [4.78, 5) is 33.2. The molecule has 0 saturated carbocycles. The number of aromatic amines is 1. The second kappa shape index (κ2) is 9.54. The van der Waals surface area contributed by atoms with E-state index in [4.69, 9.17) is 14.7 Å². The maximum absolute atomic E-state index is 12.4. The van der Waals surface area contributed by atoms with Gasteiger partial charge in [0.15, 0.2) is 11.6 Å². The number of anilines is 1. The van der Waals surface area contributed by atoms with Crippen LogP contribution in [0.3, 0.4) is 0 Å². The number of hydrogen-bond acceptors (Lipinski definition) is 8. The van der Waals surface area contributed by atoms with Crippen LogP contribution in [0.1, 0.15) is 4.88 Å². The fraction of sp³-hybridized carbons (Fsp3) is 0.400. The van der Waals surface area contributed by atoms with Gasteiger partial charge >= 0.3 is 0 Å². The van der Waals surface area contributed by atoms with Crippen molar-refractivity contribution in [3.8, 4) is 11.4 Å². The second-order valence-corrected chi connectivity index (χ2v) is 10.1. The van der Waals surface area contributed by atoms with Gasteiger partial charge in [0.2, 0.25) is 5.91 Å². The quantitative estimate of drug-likeness (QED) is 0.426. The van der Waals surface area contributed by atoms with E-state index in [9.17, 15) is 9.90 Å². The van der Waals surface area contributed by atoms with Crippen molar-refractivity contribution in [3.63, 3.8) is 0 Å². The highest BCUT2D eigenvalue weighted by molar-refractivity contribution is 7.19. The molecule has 2 fully saturated rings. The van der Waals surface area contributed by atoms with Crippen molar-refractivity contribution in [1.29, 1.82) is 0 Å². The Labute approximate surface area is 206 Å². The van der Waals surface area contributed by atoms with Crippen LogP contribution in [-0.2, 0) is 16.1 Å². The SMILES string of the molecule is O=C1CN(Cc2cc3nc(-c4cccc5[nH]ccc45)nc(N4CCOCC4)c3s2)CCN1CCO. The number of rotatable bonds is 6. The average Bonchev–Trinajstić information content (AvgIpc) is 3.52. The molecule has 2 aliphatic heterocycles. The van der Waals surface area contributed by atoms with Crippen molar-refractivity contribution >= 4 is 44.2 Å². The number of aromatic nitrogens is 3. The fourth-order valence-corrected chi connectivity index (χ4v) is 6.06. The molecule has 0 aliphatic carbocycles. The van der Waals surface area contributed by atoms with Crippen LogP contribution in [0.15, 0.2) is 36.5 Å². The Kier molecular flexibility index (Phi) is 6.11. The maximum Gasteiger partial charge on any atom is 0.236 e. The predicted octanol–water partition coefficient (Wildman–Crippen LogP) is 2.31. The minimum absolute atomic E-state index is 0.00382. The van der Waals surface area contributed by atoms with Crippen molar-refractivity contribution in [2.45, 2.75) is 6.54 Å². The number of β-amino-alcohol motifs (C(OH)–C–C–N with tert-alkyl or cyclic N) is 1. The topological polar surface area (TPSA) is 97.8 Å². The second-order valence-electron chi connectivity index (χ2n) is 8.96. The molecule has 182 valence electrons. The summed E-state index contributed by atoms with van der Waals surface area (Å²) < 4.78 is 6.67. The minimum Gasteiger partial charge on any atom is -0.395 e. The number of ether oxygens (including phenoxy) is 1. The fourth-order valence-electron chi connectivity index (χ4n) is 4.90. The van der Waals surface area contributed by atoms with Crippen LogP contribution < -0.4 is 4.90 Å². The molecule has 0 spiro atoms. The van der Waals surface area contributed by atoms with Crippen molar-refractivity contribution in [1.82, 2.24) is 24.8 Å². The number of H-pyrrole nitrogens is 1. The van der Waals surface area contributed by atoms with Crippen LogP contribution in [0.25, 0.3) is 32.5 Å². The molecule has 1 aromatic carbocycles. The van der Waals surface area contributed by atoms with Gasteiger partial charge in [-0.05, 0) is 18.2 Å². The highest BCUT2D eigenvalue weighted by Gasteiger charge is 2.25. The molecule has 5 heterocycles. The summed E-state index contributed by atoms with van der Waals surface area (Å²) in [7, 11) is 0. The lowest BCUT2D eigenvalue weighted by molar-refractivity contribution is -0.136. The molecular formula is C25H28N6O3S. The number of aliphatic hydroxyl groups excluding tert-OH is 1. The van der Waals surface area contributed by atoms with Gasteiger partial charge in [-0.1, -0.05) is 12.1 Å². The Morgan fingerprint density at radius 1 is 1.11 bits per heavy atom. The highest BCUT2D eigenvalue weighted by Crippen LogP contribution is 2.36. The normalized spacial score (nSPS) is 17.7. The molecule has 4 aromatic rings. The van der Waals surface area contributed by atoms with Gasteiger partial charge in [0.1, 0.15) is 0 Å². The van der Waals surface area contributed by atoms with E-state index in [1.54, 1.807) is 16.2 Å². The first kappa shape index (κ1) is 22.4. The summed E-state index contributed by atoms with van der Waals surface area (Å²) in [6.07, 6.45) is 1.94. The smallest absolute Gasteiger partial charge is 0.236 e. The third-order valence-corrected chi connectivity index (χ3v) is 7.80. The third-order valence-electron chi connectivity index (χ3n) is 6.70. The highest BCUT2D eigenvalue weighted by atomic mass is 32.1. The van der Waals surface area contributed by atoms with Crippen LogP contribution in [0.2, 0.25) is 0 Å². The number of nitrogens with one attached hydrogen (secondary N) is 1. The lowest BCUT2D eigenvalue weighted by Crippen LogP contribution is -2.50. The number of benzene rings is 1. The molecule has 0 bridgehead atoms. The number of piperazine rings is 1. The molecule has 0 unspecified atom stereocenters. The number of amides is 1. The summed E-state index contributed by atoms with van der Waals surface area (Å²) in [6.45, 7) is 5.90. The van der Waals surface area contributed by atoms with Gasteiger partial charge in [-0.2, -0.15) is 0 Å². The van der Waals surface area contributed by atoms with Gasteiger partial charge in [0, 0.05) is 66.8 Å². The molecular weight excluding hydrogens is 464 g/mol.